The van der Waals surface area contributed by atoms with Gasteiger partial charge in [0.2, 0.25) is 0 Å². The third-order valence-corrected chi connectivity index (χ3v) is 3.73. The van der Waals surface area contributed by atoms with Crippen molar-refractivity contribution in [2.45, 2.75) is 31.1 Å². The molecule has 0 heterocycles. The lowest BCUT2D eigenvalue weighted by molar-refractivity contribution is 0.389. The summed E-state index contributed by atoms with van der Waals surface area (Å²) in [5, 5.41) is 10.0. The second kappa shape index (κ2) is 4.34. The topological polar surface area (TPSA) is 55.5 Å². The Morgan fingerprint density at radius 3 is 2.56 bits per heavy atom. The first-order chi connectivity index (χ1) is 7.72. The molecule has 1 aromatic carbocycles. The van der Waals surface area contributed by atoms with Crippen molar-refractivity contribution >= 4 is 0 Å². The molecule has 0 amide bonds. The maximum atomic E-state index is 10.0. The van der Waals surface area contributed by atoms with Gasteiger partial charge in [-0.2, -0.15) is 0 Å². The van der Waals surface area contributed by atoms with E-state index in [4.69, 9.17) is 10.5 Å². The molecule has 0 unspecified atom stereocenters. The van der Waals surface area contributed by atoms with E-state index in [1.807, 2.05) is 12.1 Å². The van der Waals surface area contributed by atoms with Gasteiger partial charge in [0.25, 0.3) is 0 Å². The predicted molar refractivity (Wildman–Crippen MR) is 63.9 cm³/mol. The lowest BCUT2D eigenvalue weighted by Gasteiger charge is -2.28. The summed E-state index contributed by atoms with van der Waals surface area (Å²) in [6.45, 7) is 0.604. The number of nitrogens with two attached hydrogens (primary N) is 1. The summed E-state index contributed by atoms with van der Waals surface area (Å²) in [7, 11) is 1.60. The Balaban J connectivity index is 2.38. The molecule has 1 aliphatic carbocycles. The fraction of sp³-hybridized carbons (Fsp3) is 0.538. The van der Waals surface area contributed by atoms with E-state index in [1.165, 1.54) is 12.8 Å². The third kappa shape index (κ3) is 1.76. The van der Waals surface area contributed by atoms with E-state index in [2.05, 4.69) is 0 Å². The van der Waals surface area contributed by atoms with Crippen LogP contribution in [0.3, 0.4) is 0 Å². The van der Waals surface area contributed by atoms with E-state index in [0.29, 0.717) is 18.0 Å². The second-order valence-corrected chi connectivity index (χ2v) is 4.57. The van der Waals surface area contributed by atoms with Crippen LogP contribution in [0.4, 0.5) is 0 Å². The minimum atomic E-state index is -0.0175. The molecule has 3 N–H and O–H groups in total. The SMILES string of the molecule is COc1ccc(C2(CN)CCCC2)c(O)c1. The van der Waals surface area contributed by atoms with Gasteiger partial charge in [-0.05, 0) is 18.9 Å². The van der Waals surface area contributed by atoms with Gasteiger partial charge < -0.3 is 15.6 Å². The first-order valence-electron chi connectivity index (χ1n) is 5.79. The van der Waals surface area contributed by atoms with Crippen molar-refractivity contribution in [3.63, 3.8) is 0 Å². The molecule has 0 saturated heterocycles. The number of phenols is 1. The Morgan fingerprint density at radius 1 is 1.38 bits per heavy atom. The number of methoxy groups -OCH3 is 1. The van der Waals surface area contributed by atoms with Gasteiger partial charge in [0.1, 0.15) is 11.5 Å². The predicted octanol–water partition coefficient (Wildman–Crippen LogP) is 2.17. The van der Waals surface area contributed by atoms with Gasteiger partial charge in [0.05, 0.1) is 7.11 Å². The van der Waals surface area contributed by atoms with Crippen molar-refractivity contribution in [2.24, 2.45) is 5.73 Å². The Labute approximate surface area is 96.2 Å². The van der Waals surface area contributed by atoms with Gasteiger partial charge in [-0.15, -0.1) is 0 Å². The van der Waals surface area contributed by atoms with Crippen molar-refractivity contribution in [3.8, 4) is 11.5 Å². The van der Waals surface area contributed by atoms with Crippen molar-refractivity contribution < 1.29 is 9.84 Å². The minimum Gasteiger partial charge on any atom is -0.508 e. The zero-order chi connectivity index (χ0) is 11.6. The lowest BCUT2D eigenvalue weighted by atomic mass is 9.78. The molecule has 1 aliphatic rings. The molecule has 3 nitrogen and oxygen atoms in total. The summed E-state index contributed by atoms with van der Waals surface area (Å²) >= 11 is 0. The van der Waals surface area contributed by atoms with E-state index < -0.39 is 0 Å². The van der Waals surface area contributed by atoms with E-state index in [-0.39, 0.29) is 5.41 Å². The highest BCUT2D eigenvalue weighted by Gasteiger charge is 2.36. The molecule has 1 fully saturated rings. The summed E-state index contributed by atoms with van der Waals surface area (Å²) in [5.74, 6) is 0.998. The second-order valence-electron chi connectivity index (χ2n) is 4.57. The quantitative estimate of drug-likeness (QED) is 0.822. The molecule has 0 aromatic heterocycles. The summed E-state index contributed by atoms with van der Waals surface area (Å²) in [4.78, 5) is 0. The summed E-state index contributed by atoms with van der Waals surface area (Å²) in [6.07, 6.45) is 4.54. The first kappa shape index (κ1) is 11.3. The van der Waals surface area contributed by atoms with Gasteiger partial charge in [-0.3, -0.25) is 0 Å². The molecule has 0 bridgehead atoms. The van der Waals surface area contributed by atoms with Crippen molar-refractivity contribution in [1.82, 2.24) is 0 Å². The van der Waals surface area contributed by atoms with E-state index in [9.17, 15) is 5.11 Å². The molecule has 0 aliphatic heterocycles. The van der Waals surface area contributed by atoms with E-state index in [0.717, 1.165) is 18.4 Å². The Bertz CT molecular complexity index is 370. The highest BCUT2D eigenvalue weighted by Crippen LogP contribution is 2.44. The van der Waals surface area contributed by atoms with Crippen LogP contribution in [0.2, 0.25) is 0 Å². The molecule has 0 atom stereocenters. The number of aromatic hydroxyl groups is 1. The molecule has 1 saturated carbocycles. The maximum absolute atomic E-state index is 10.0. The highest BCUT2D eigenvalue weighted by atomic mass is 16.5. The van der Waals surface area contributed by atoms with Crippen LogP contribution in [0.5, 0.6) is 11.5 Å². The fourth-order valence-corrected chi connectivity index (χ4v) is 2.72. The lowest BCUT2D eigenvalue weighted by Crippen LogP contribution is -2.32. The van der Waals surface area contributed by atoms with Crippen molar-refractivity contribution in [2.75, 3.05) is 13.7 Å². The minimum absolute atomic E-state index is 0.0175. The first-order valence-corrected chi connectivity index (χ1v) is 5.79. The van der Waals surface area contributed by atoms with E-state index >= 15 is 0 Å². The van der Waals surface area contributed by atoms with Gasteiger partial charge >= 0.3 is 0 Å². The van der Waals surface area contributed by atoms with Crippen LogP contribution in [-0.4, -0.2) is 18.8 Å². The molecule has 0 spiro atoms. The maximum Gasteiger partial charge on any atom is 0.123 e. The molecule has 1 aromatic rings. The smallest absolute Gasteiger partial charge is 0.123 e. The number of hydrogen-bond donors (Lipinski definition) is 2. The van der Waals surface area contributed by atoms with Crippen LogP contribution < -0.4 is 10.5 Å². The Morgan fingerprint density at radius 2 is 2.06 bits per heavy atom. The number of ether oxygens (including phenoxy) is 1. The number of benzene rings is 1. The molecule has 16 heavy (non-hydrogen) atoms. The summed E-state index contributed by atoms with van der Waals surface area (Å²) < 4.78 is 5.09. The monoisotopic (exact) mass is 221 g/mol. The van der Waals surface area contributed by atoms with Crippen LogP contribution in [0.15, 0.2) is 18.2 Å². The molecule has 0 radical (unpaired) electrons. The average molecular weight is 221 g/mol. The van der Waals surface area contributed by atoms with Gasteiger partial charge in [0.15, 0.2) is 0 Å². The third-order valence-electron chi connectivity index (χ3n) is 3.73. The Kier molecular flexibility index (Phi) is 3.06. The molecule has 2 rings (SSSR count). The highest BCUT2D eigenvalue weighted by molar-refractivity contribution is 5.44. The molecular formula is C13H19NO2. The zero-order valence-electron chi connectivity index (χ0n) is 9.70. The average Bonchev–Trinajstić information content (AvgIpc) is 2.78. The number of hydrogen-bond acceptors (Lipinski definition) is 3. The van der Waals surface area contributed by atoms with Gasteiger partial charge in [-0.25, -0.2) is 0 Å². The van der Waals surface area contributed by atoms with Crippen LogP contribution >= 0.6 is 0 Å². The molecular weight excluding hydrogens is 202 g/mol. The van der Waals surface area contributed by atoms with E-state index in [1.54, 1.807) is 13.2 Å². The normalized spacial score (nSPS) is 18.6. The number of rotatable bonds is 3. The summed E-state index contributed by atoms with van der Waals surface area (Å²) in [5.41, 5.74) is 6.86. The Hall–Kier alpha value is -1.22. The summed E-state index contributed by atoms with van der Waals surface area (Å²) in [6, 6.07) is 5.52. The van der Waals surface area contributed by atoms with Crippen molar-refractivity contribution in [3.05, 3.63) is 23.8 Å². The molecule has 88 valence electrons. The van der Waals surface area contributed by atoms with Crippen LogP contribution in [0.25, 0.3) is 0 Å². The largest absolute Gasteiger partial charge is 0.508 e. The van der Waals surface area contributed by atoms with Gasteiger partial charge in [0, 0.05) is 23.6 Å². The van der Waals surface area contributed by atoms with Crippen LogP contribution in [-0.2, 0) is 5.41 Å². The van der Waals surface area contributed by atoms with Crippen molar-refractivity contribution in [1.29, 1.82) is 0 Å². The zero-order valence-corrected chi connectivity index (χ0v) is 9.70. The standard InChI is InChI=1S/C13H19NO2/c1-16-10-4-5-11(12(15)8-10)13(9-14)6-2-3-7-13/h4-5,8,15H,2-3,6-7,9,14H2,1H3. The number of phenolic OH excluding ortho intramolecular Hbond substituents is 1. The van der Waals surface area contributed by atoms with Crippen LogP contribution in [0, 0.1) is 0 Å². The van der Waals surface area contributed by atoms with Crippen LogP contribution in [0.1, 0.15) is 31.2 Å². The van der Waals surface area contributed by atoms with Gasteiger partial charge in [-0.1, -0.05) is 18.9 Å². The fourth-order valence-electron chi connectivity index (χ4n) is 2.72. The molecule has 3 heteroatoms.